The Morgan fingerprint density at radius 3 is 2.83 bits per heavy atom. The van der Waals surface area contributed by atoms with Crippen molar-refractivity contribution in [2.75, 3.05) is 6.61 Å². The Kier molecular flexibility index (Phi) is 8.07. The molecule has 0 aromatic heterocycles. The third-order valence-corrected chi connectivity index (χ3v) is 4.22. The Morgan fingerprint density at radius 2 is 2.08 bits per heavy atom. The zero-order valence-corrected chi connectivity index (χ0v) is 14.3. The lowest BCUT2D eigenvalue weighted by Gasteiger charge is -2.11. The minimum atomic E-state index is 0.203. The van der Waals surface area contributed by atoms with Gasteiger partial charge in [0.15, 0.2) is 0 Å². The Labute approximate surface area is 145 Å². The monoisotopic (exact) mass is 322 g/mol. The van der Waals surface area contributed by atoms with E-state index in [1.54, 1.807) is 0 Å². The van der Waals surface area contributed by atoms with Gasteiger partial charge in [-0.3, -0.25) is 4.79 Å². The average Bonchev–Trinajstić information content (AvgIpc) is 3.08. The summed E-state index contributed by atoms with van der Waals surface area (Å²) in [7, 11) is 0. The Morgan fingerprint density at radius 1 is 1.25 bits per heavy atom. The zero-order chi connectivity index (χ0) is 17.0. The van der Waals surface area contributed by atoms with Gasteiger partial charge in [-0.05, 0) is 44.1 Å². The molecule has 1 atom stereocenters. The molecule has 1 aliphatic rings. The van der Waals surface area contributed by atoms with Gasteiger partial charge in [0, 0.05) is 17.1 Å². The van der Waals surface area contributed by atoms with Crippen molar-refractivity contribution in [3.05, 3.63) is 59.7 Å². The molecule has 0 radical (unpaired) electrons. The van der Waals surface area contributed by atoms with Crippen molar-refractivity contribution in [1.29, 1.82) is 0 Å². The van der Waals surface area contributed by atoms with Gasteiger partial charge in [-0.1, -0.05) is 48.2 Å². The molecule has 1 aromatic rings. The van der Waals surface area contributed by atoms with Gasteiger partial charge in [-0.2, -0.15) is 0 Å². The van der Waals surface area contributed by atoms with Crippen LogP contribution in [0.25, 0.3) is 0 Å². The van der Waals surface area contributed by atoms with Crippen LogP contribution >= 0.6 is 0 Å². The van der Waals surface area contributed by atoms with Gasteiger partial charge in [-0.15, -0.1) is 6.58 Å². The molecule has 0 bridgehead atoms. The van der Waals surface area contributed by atoms with Gasteiger partial charge < -0.3 is 4.74 Å². The van der Waals surface area contributed by atoms with Crippen LogP contribution in [0.4, 0.5) is 0 Å². The molecule has 0 fully saturated rings. The highest BCUT2D eigenvalue weighted by Crippen LogP contribution is 2.24. The fraction of sp³-hybridized carbons (Fsp3) is 0.409. The fourth-order valence-corrected chi connectivity index (χ4v) is 2.83. The molecular formula is C22H26O2. The van der Waals surface area contributed by atoms with Gasteiger partial charge in [0.2, 0.25) is 0 Å². The number of benzene rings is 1. The first-order valence-corrected chi connectivity index (χ1v) is 8.74. The zero-order valence-electron chi connectivity index (χ0n) is 14.3. The van der Waals surface area contributed by atoms with Crippen molar-refractivity contribution >= 4 is 6.29 Å². The largest absolute Gasteiger partial charge is 0.375 e. The molecule has 2 nitrogen and oxygen atoms in total. The fourth-order valence-electron chi connectivity index (χ4n) is 2.83. The molecule has 2 rings (SSSR count). The maximum Gasteiger partial charge on any atom is 0.146 e. The van der Waals surface area contributed by atoms with Crippen molar-refractivity contribution in [1.82, 2.24) is 0 Å². The first-order valence-electron chi connectivity index (χ1n) is 8.74. The van der Waals surface area contributed by atoms with Gasteiger partial charge in [0.05, 0.1) is 13.2 Å². The molecule has 0 aliphatic heterocycles. The van der Waals surface area contributed by atoms with E-state index in [0.29, 0.717) is 13.2 Å². The highest BCUT2D eigenvalue weighted by molar-refractivity contribution is 5.77. The summed E-state index contributed by atoms with van der Waals surface area (Å²) in [6, 6.07) is 10.2. The third-order valence-electron chi connectivity index (χ3n) is 4.22. The van der Waals surface area contributed by atoms with Gasteiger partial charge in [-0.25, -0.2) is 0 Å². The minimum absolute atomic E-state index is 0.203. The molecule has 0 N–H and O–H groups in total. The number of hydrogen-bond donors (Lipinski definition) is 0. The summed E-state index contributed by atoms with van der Waals surface area (Å²) in [6.07, 6.45) is 8.83. The first kappa shape index (κ1) is 18.2. The summed E-state index contributed by atoms with van der Waals surface area (Å²) in [6.45, 7) is 5.02. The molecule has 0 saturated heterocycles. The van der Waals surface area contributed by atoms with Gasteiger partial charge >= 0.3 is 0 Å². The molecule has 1 aliphatic carbocycles. The quantitative estimate of drug-likeness (QED) is 0.281. The minimum Gasteiger partial charge on any atom is -0.375 e. The van der Waals surface area contributed by atoms with Gasteiger partial charge in [0.1, 0.15) is 6.29 Å². The lowest BCUT2D eigenvalue weighted by molar-refractivity contribution is -0.105. The van der Waals surface area contributed by atoms with E-state index in [4.69, 9.17) is 4.74 Å². The molecule has 24 heavy (non-hydrogen) atoms. The number of ether oxygens (including phenoxy) is 1. The topological polar surface area (TPSA) is 26.3 Å². The van der Waals surface area contributed by atoms with Crippen LogP contribution in [0, 0.1) is 17.8 Å². The molecule has 0 amide bonds. The summed E-state index contributed by atoms with van der Waals surface area (Å²) in [5.74, 6) is 6.80. The predicted molar refractivity (Wildman–Crippen MR) is 98.4 cm³/mol. The Balaban J connectivity index is 1.91. The second kappa shape index (κ2) is 10.6. The lowest BCUT2D eigenvalue weighted by atomic mass is 10.0. The van der Waals surface area contributed by atoms with Crippen LogP contribution in [-0.2, 0) is 16.1 Å². The first-order chi connectivity index (χ1) is 11.8. The summed E-state index contributed by atoms with van der Waals surface area (Å²) < 4.78 is 5.87. The van der Waals surface area contributed by atoms with Crippen LogP contribution in [0.2, 0.25) is 0 Å². The van der Waals surface area contributed by atoms with E-state index in [9.17, 15) is 4.79 Å². The van der Waals surface area contributed by atoms with Crippen LogP contribution in [-0.4, -0.2) is 12.9 Å². The molecule has 1 unspecified atom stereocenters. The smallest absolute Gasteiger partial charge is 0.146 e. The molecule has 0 heterocycles. The number of allylic oxidation sites excluding steroid dienone is 3. The Hall–Kier alpha value is -2.11. The van der Waals surface area contributed by atoms with Crippen molar-refractivity contribution in [2.24, 2.45) is 5.92 Å². The molecule has 126 valence electrons. The molecule has 2 heteroatoms. The molecule has 1 aromatic carbocycles. The SMILES string of the molecule is C=CCCCC(C#CC1=C(C=O)CCC1)COCc1ccccc1. The number of unbranched alkanes of at least 4 members (excludes halogenated alkanes) is 1. The number of carbonyl (C=O) groups is 1. The van der Waals surface area contributed by atoms with E-state index in [0.717, 1.165) is 56.0 Å². The summed E-state index contributed by atoms with van der Waals surface area (Å²) in [5, 5.41) is 0. The maximum atomic E-state index is 11.0. The van der Waals surface area contributed by atoms with Crippen molar-refractivity contribution in [2.45, 2.75) is 45.1 Å². The van der Waals surface area contributed by atoms with Crippen LogP contribution in [0.3, 0.4) is 0 Å². The van der Waals surface area contributed by atoms with Crippen LogP contribution in [0.5, 0.6) is 0 Å². The van der Waals surface area contributed by atoms with Crippen LogP contribution in [0.1, 0.15) is 44.1 Å². The van der Waals surface area contributed by atoms with E-state index in [-0.39, 0.29) is 5.92 Å². The molecule has 0 saturated carbocycles. The summed E-state index contributed by atoms with van der Waals surface area (Å²) in [5.41, 5.74) is 3.09. The standard InChI is InChI=1S/C22H26O2/c1-2-3-5-9-20(14-15-21-12-8-13-22(21)16-23)18-24-17-19-10-6-4-7-11-19/h2,4,6-7,10-11,16,20H,1,3,5,8-9,12-13,17-18H2. The van der Waals surface area contributed by atoms with E-state index in [1.807, 2.05) is 24.3 Å². The number of carbonyl (C=O) groups excluding carboxylic acids is 1. The highest BCUT2D eigenvalue weighted by atomic mass is 16.5. The predicted octanol–water partition coefficient (Wildman–Crippen LogP) is 4.86. The van der Waals surface area contributed by atoms with E-state index in [1.165, 1.54) is 5.56 Å². The second-order valence-electron chi connectivity index (χ2n) is 6.16. The van der Waals surface area contributed by atoms with Gasteiger partial charge in [0.25, 0.3) is 0 Å². The highest BCUT2D eigenvalue weighted by Gasteiger charge is 2.12. The van der Waals surface area contributed by atoms with E-state index < -0.39 is 0 Å². The van der Waals surface area contributed by atoms with Crippen molar-refractivity contribution in [3.8, 4) is 11.8 Å². The van der Waals surface area contributed by atoms with Crippen LogP contribution < -0.4 is 0 Å². The van der Waals surface area contributed by atoms with Crippen molar-refractivity contribution < 1.29 is 9.53 Å². The van der Waals surface area contributed by atoms with Crippen LogP contribution in [0.15, 0.2) is 54.1 Å². The van der Waals surface area contributed by atoms with Crippen molar-refractivity contribution in [3.63, 3.8) is 0 Å². The lowest BCUT2D eigenvalue weighted by Crippen LogP contribution is -2.08. The van der Waals surface area contributed by atoms with E-state index >= 15 is 0 Å². The second-order valence-corrected chi connectivity index (χ2v) is 6.16. The number of hydrogen-bond acceptors (Lipinski definition) is 2. The normalized spacial score (nSPS) is 14.8. The maximum absolute atomic E-state index is 11.0. The van der Waals surface area contributed by atoms with E-state index in [2.05, 4.69) is 30.6 Å². The molecular weight excluding hydrogens is 296 g/mol. The Bertz CT molecular complexity index is 616. The number of rotatable bonds is 9. The third kappa shape index (κ3) is 6.18. The average molecular weight is 322 g/mol. The summed E-state index contributed by atoms with van der Waals surface area (Å²) in [4.78, 5) is 11.0. The summed E-state index contributed by atoms with van der Waals surface area (Å²) >= 11 is 0. The number of aldehydes is 1. The molecule has 0 spiro atoms.